The molecular formula is C20H21BrClN3O3. The predicted molar refractivity (Wildman–Crippen MR) is 111 cm³/mol. The van der Waals surface area contributed by atoms with Crippen molar-refractivity contribution in [3.63, 3.8) is 0 Å². The normalized spacial score (nSPS) is 10.9. The van der Waals surface area contributed by atoms with Gasteiger partial charge in [0.2, 0.25) is 0 Å². The molecule has 0 saturated carbocycles. The molecule has 1 amide bonds. The van der Waals surface area contributed by atoms with E-state index in [1.165, 1.54) is 0 Å². The Labute approximate surface area is 176 Å². The van der Waals surface area contributed by atoms with Crippen LogP contribution in [-0.4, -0.2) is 22.2 Å². The number of para-hydroxylation sites is 1. The zero-order chi connectivity index (χ0) is 20.1. The number of aryl methyl sites for hydroxylation is 2. The molecule has 8 heteroatoms. The number of hydrogen-bond donors (Lipinski definition) is 1. The molecule has 28 heavy (non-hydrogen) atoms. The van der Waals surface area contributed by atoms with E-state index in [4.69, 9.17) is 20.8 Å². The summed E-state index contributed by atoms with van der Waals surface area (Å²) in [5.41, 5.74) is 2.04. The molecule has 0 radical (unpaired) electrons. The SMILES string of the molecule is Cc1nn(CCCNC(=O)c2ccc(COc3ccccc3Cl)o2)c(C)c1Br. The summed E-state index contributed by atoms with van der Waals surface area (Å²) >= 11 is 9.57. The molecule has 0 aliphatic heterocycles. The van der Waals surface area contributed by atoms with Gasteiger partial charge in [0.05, 0.1) is 15.2 Å². The summed E-state index contributed by atoms with van der Waals surface area (Å²) < 4.78 is 14.1. The largest absolute Gasteiger partial charge is 0.484 e. The second-order valence-electron chi connectivity index (χ2n) is 6.30. The fraction of sp³-hybridized carbons (Fsp3) is 0.300. The van der Waals surface area contributed by atoms with Gasteiger partial charge >= 0.3 is 0 Å². The first-order chi connectivity index (χ1) is 13.5. The van der Waals surface area contributed by atoms with Crippen molar-refractivity contribution in [1.29, 1.82) is 0 Å². The molecule has 2 aromatic heterocycles. The van der Waals surface area contributed by atoms with E-state index in [1.54, 1.807) is 24.3 Å². The lowest BCUT2D eigenvalue weighted by molar-refractivity contribution is 0.0920. The Morgan fingerprint density at radius 1 is 1.29 bits per heavy atom. The van der Waals surface area contributed by atoms with Gasteiger partial charge in [-0.1, -0.05) is 23.7 Å². The fourth-order valence-electron chi connectivity index (χ4n) is 2.70. The quantitative estimate of drug-likeness (QED) is 0.479. The third-order valence-electron chi connectivity index (χ3n) is 4.22. The van der Waals surface area contributed by atoms with E-state index in [0.29, 0.717) is 23.1 Å². The molecule has 0 spiro atoms. The Hall–Kier alpha value is -2.25. The van der Waals surface area contributed by atoms with Gasteiger partial charge in [0.15, 0.2) is 5.76 Å². The second kappa shape index (κ2) is 9.30. The summed E-state index contributed by atoms with van der Waals surface area (Å²) in [6, 6.07) is 10.6. The molecule has 0 fully saturated rings. The van der Waals surface area contributed by atoms with Crippen LogP contribution in [0.25, 0.3) is 0 Å². The lowest BCUT2D eigenvalue weighted by Crippen LogP contribution is -2.25. The van der Waals surface area contributed by atoms with Crippen LogP contribution in [0.1, 0.15) is 34.1 Å². The molecule has 148 valence electrons. The maximum absolute atomic E-state index is 12.2. The molecule has 0 aliphatic rings. The summed E-state index contributed by atoms with van der Waals surface area (Å²) in [6.45, 7) is 5.43. The highest BCUT2D eigenvalue weighted by Crippen LogP contribution is 2.24. The van der Waals surface area contributed by atoms with Crippen LogP contribution in [0, 0.1) is 13.8 Å². The van der Waals surface area contributed by atoms with Crippen LogP contribution in [0.15, 0.2) is 45.3 Å². The standard InChI is InChI=1S/C20H21BrClN3O3/c1-13-19(21)14(2)25(24-13)11-5-10-23-20(26)18-9-8-15(28-18)12-27-17-7-4-3-6-16(17)22/h3-4,6-9H,5,10-12H2,1-2H3,(H,23,26). The van der Waals surface area contributed by atoms with Crippen LogP contribution in [0.3, 0.4) is 0 Å². The van der Waals surface area contributed by atoms with E-state index < -0.39 is 0 Å². The summed E-state index contributed by atoms with van der Waals surface area (Å²) in [5, 5.41) is 7.84. The van der Waals surface area contributed by atoms with Gasteiger partial charge in [-0.15, -0.1) is 0 Å². The van der Waals surface area contributed by atoms with Crippen molar-refractivity contribution in [2.75, 3.05) is 6.54 Å². The maximum Gasteiger partial charge on any atom is 0.286 e. The van der Waals surface area contributed by atoms with E-state index in [2.05, 4.69) is 26.3 Å². The molecule has 0 bridgehead atoms. The van der Waals surface area contributed by atoms with Crippen molar-refractivity contribution >= 4 is 33.4 Å². The van der Waals surface area contributed by atoms with Crippen LogP contribution in [-0.2, 0) is 13.2 Å². The van der Waals surface area contributed by atoms with Gasteiger partial charge in [0.25, 0.3) is 5.91 Å². The molecule has 0 atom stereocenters. The Balaban J connectivity index is 1.45. The van der Waals surface area contributed by atoms with Crippen molar-refractivity contribution in [3.05, 3.63) is 68.8 Å². The van der Waals surface area contributed by atoms with Crippen LogP contribution >= 0.6 is 27.5 Å². The fourth-order valence-corrected chi connectivity index (χ4v) is 3.17. The molecule has 1 N–H and O–H groups in total. The lowest BCUT2D eigenvalue weighted by atomic mass is 10.3. The van der Waals surface area contributed by atoms with Crippen molar-refractivity contribution in [1.82, 2.24) is 15.1 Å². The minimum atomic E-state index is -0.251. The predicted octanol–water partition coefficient (Wildman–Crippen LogP) is 4.91. The van der Waals surface area contributed by atoms with Crippen molar-refractivity contribution < 1.29 is 13.9 Å². The molecule has 0 saturated heterocycles. The monoisotopic (exact) mass is 465 g/mol. The van der Waals surface area contributed by atoms with Gasteiger partial charge in [0.1, 0.15) is 18.1 Å². The maximum atomic E-state index is 12.2. The van der Waals surface area contributed by atoms with Crippen molar-refractivity contribution in [2.24, 2.45) is 0 Å². The van der Waals surface area contributed by atoms with E-state index in [-0.39, 0.29) is 18.3 Å². The number of nitrogens with one attached hydrogen (secondary N) is 1. The number of amides is 1. The summed E-state index contributed by atoms with van der Waals surface area (Å²) in [4.78, 5) is 12.2. The van der Waals surface area contributed by atoms with Crippen molar-refractivity contribution in [3.8, 4) is 5.75 Å². The summed E-state index contributed by atoms with van der Waals surface area (Å²) in [5.74, 6) is 1.13. The summed E-state index contributed by atoms with van der Waals surface area (Å²) in [6.07, 6.45) is 0.767. The van der Waals surface area contributed by atoms with Crippen LogP contribution in [0.5, 0.6) is 5.75 Å². The minimum Gasteiger partial charge on any atom is -0.484 e. The van der Waals surface area contributed by atoms with Gasteiger partial charge in [-0.25, -0.2) is 0 Å². The first kappa shape index (κ1) is 20.5. The van der Waals surface area contributed by atoms with Gasteiger partial charge < -0.3 is 14.5 Å². The zero-order valence-corrected chi connectivity index (χ0v) is 18.0. The number of benzene rings is 1. The van der Waals surface area contributed by atoms with Crippen LogP contribution < -0.4 is 10.1 Å². The van der Waals surface area contributed by atoms with Gasteiger partial charge in [-0.3, -0.25) is 9.48 Å². The molecule has 2 heterocycles. The Kier molecular flexibility index (Phi) is 6.80. The highest BCUT2D eigenvalue weighted by molar-refractivity contribution is 9.10. The first-order valence-electron chi connectivity index (χ1n) is 8.89. The highest BCUT2D eigenvalue weighted by Gasteiger charge is 2.12. The van der Waals surface area contributed by atoms with Gasteiger partial charge in [-0.05, 0) is 60.5 Å². The average Bonchev–Trinajstić information content (AvgIpc) is 3.25. The van der Waals surface area contributed by atoms with Crippen LogP contribution in [0.4, 0.5) is 0 Å². The third-order valence-corrected chi connectivity index (χ3v) is 5.68. The average molecular weight is 467 g/mol. The second-order valence-corrected chi connectivity index (χ2v) is 7.50. The topological polar surface area (TPSA) is 69.3 Å². The Morgan fingerprint density at radius 2 is 2.07 bits per heavy atom. The smallest absolute Gasteiger partial charge is 0.286 e. The van der Waals surface area contributed by atoms with E-state index in [1.807, 2.05) is 30.7 Å². The number of nitrogens with zero attached hydrogens (tertiary/aromatic N) is 2. The van der Waals surface area contributed by atoms with E-state index in [9.17, 15) is 4.79 Å². The minimum absolute atomic E-state index is 0.198. The summed E-state index contributed by atoms with van der Waals surface area (Å²) in [7, 11) is 0. The number of aromatic nitrogens is 2. The third kappa shape index (κ3) is 4.97. The molecule has 3 rings (SSSR count). The van der Waals surface area contributed by atoms with Crippen molar-refractivity contribution in [2.45, 2.75) is 33.4 Å². The molecule has 0 unspecified atom stereocenters. The van der Waals surface area contributed by atoms with E-state index >= 15 is 0 Å². The molecule has 0 aliphatic carbocycles. The lowest BCUT2D eigenvalue weighted by Gasteiger charge is -2.06. The zero-order valence-electron chi connectivity index (χ0n) is 15.7. The first-order valence-corrected chi connectivity index (χ1v) is 10.1. The number of halogens is 2. The number of hydrogen-bond acceptors (Lipinski definition) is 4. The highest BCUT2D eigenvalue weighted by atomic mass is 79.9. The molecule has 3 aromatic rings. The number of rotatable bonds is 8. The number of carbonyl (C=O) groups is 1. The van der Waals surface area contributed by atoms with Crippen LogP contribution in [0.2, 0.25) is 5.02 Å². The molecular weight excluding hydrogens is 446 g/mol. The molecule has 1 aromatic carbocycles. The number of carbonyl (C=O) groups excluding carboxylic acids is 1. The van der Waals surface area contributed by atoms with Gasteiger partial charge in [0, 0.05) is 18.8 Å². The van der Waals surface area contributed by atoms with E-state index in [0.717, 1.165) is 28.8 Å². The number of furan rings is 1. The Bertz CT molecular complexity index is 968. The Morgan fingerprint density at radius 3 is 2.79 bits per heavy atom. The number of ether oxygens (including phenoxy) is 1. The molecule has 6 nitrogen and oxygen atoms in total. The van der Waals surface area contributed by atoms with Gasteiger partial charge in [-0.2, -0.15) is 5.10 Å².